The van der Waals surface area contributed by atoms with Gasteiger partial charge in [0.25, 0.3) is 0 Å². The fraction of sp³-hybridized carbons (Fsp3) is 0.130. The molecule has 0 unspecified atom stereocenters. The quantitative estimate of drug-likeness (QED) is 0.0880. The molecule has 16 heteroatoms. The molecule has 0 fully saturated rings. The molecule has 6 N–H and O–H groups in total. The van der Waals surface area contributed by atoms with Gasteiger partial charge in [0.15, 0.2) is 23.1 Å². The lowest BCUT2D eigenvalue weighted by Gasteiger charge is -2.05. The van der Waals surface area contributed by atoms with Crippen molar-refractivity contribution in [1.29, 1.82) is 0 Å². The summed E-state index contributed by atoms with van der Waals surface area (Å²) in [5, 5.41) is 36.8. The van der Waals surface area contributed by atoms with Crippen molar-refractivity contribution in [3.8, 4) is 11.5 Å². The monoisotopic (exact) mass is 532 g/mol. The molecule has 0 aliphatic carbocycles. The minimum Gasteiger partial charge on any atom is -0.496 e. The van der Waals surface area contributed by atoms with Gasteiger partial charge in [-0.25, -0.2) is 9.26 Å². The molecule has 2 aromatic carbocycles. The summed E-state index contributed by atoms with van der Waals surface area (Å²) in [6, 6.07) is 14.6. The minimum atomic E-state index is -0.0297. The molecule has 0 saturated carbocycles. The lowest BCUT2D eigenvalue weighted by molar-refractivity contribution is 0.307. The average Bonchev–Trinajstić information content (AvgIpc) is 3.63. The zero-order valence-corrected chi connectivity index (χ0v) is 20.8. The smallest absolute Gasteiger partial charge is 0.203 e. The third kappa shape index (κ3) is 6.70. The van der Waals surface area contributed by atoms with Gasteiger partial charge in [0.1, 0.15) is 11.5 Å². The molecule has 0 saturated heterocycles. The molecule has 2 aromatic heterocycles. The molecule has 0 spiro atoms. The summed E-state index contributed by atoms with van der Waals surface area (Å²) >= 11 is 0. The van der Waals surface area contributed by atoms with Crippen molar-refractivity contribution in [1.82, 2.24) is 20.6 Å². The first-order valence-electron chi connectivity index (χ1n) is 11.2. The molecular weight excluding hydrogens is 508 g/mol. The number of ether oxygens (including phenoxy) is 2. The molecule has 4 aromatic rings. The number of anilines is 2. The van der Waals surface area contributed by atoms with E-state index in [2.05, 4.69) is 51.7 Å². The van der Waals surface area contributed by atoms with Gasteiger partial charge in [-0.3, -0.25) is 0 Å². The zero-order valence-electron chi connectivity index (χ0n) is 20.8. The van der Waals surface area contributed by atoms with E-state index < -0.39 is 0 Å². The number of rotatable bonds is 12. The van der Waals surface area contributed by atoms with Crippen molar-refractivity contribution in [2.75, 3.05) is 31.5 Å². The second kappa shape index (κ2) is 12.9. The Morgan fingerprint density at radius 2 is 1.18 bits per heavy atom. The Hall–Kier alpha value is -5.80. The number of methoxy groups -OCH3 is 2. The highest BCUT2D eigenvalue weighted by atomic mass is 16.6. The van der Waals surface area contributed by atoms with E-state index in [1.165, 1.54) is 12.4 Å². The van der Waals surface area contributed by atoms with Gasteiger partial charge in [-0.2, -0.15) is 10.2 Å². The number of nitrogens with zero attached hydrogens (tertiary/aromatic N) is 8. The average molecular weight is 533 g/mol. The van der Waals surface area contributed by atoms with Crippen LogP contribution in [0.15, 0.2) is 78.2 Å². The van der Waals surface area contributed by atoms with E-state index in [0.29, 0.717) is 11.5 Å². The molecule has 200 valence electrons. The van der Waals surface area contributed by atoms with Crippen LogP contribution in [0.4, 0.5) is 11.6 Å². The van der Waals surface area contributed by atoms with E-state index in [1.807, 2.05) is 36.4 Å². The summed E-state index contributed by atoms with van der Waals surface area (Å²) in [4.78, 5) is 0. The molecule has 0 radical (unpaired) electrons. The summed E-state index contributed by atoms with van der Waals surface area (Å²) < 4.78 is 20.1. The van der Waals surface area contributed by atoms with Crippen molar-refractivity contribution in [2.24, 2.45) is 31.9 Å². The van der Waals surface area contributed by atoms with Crippen LogP contribution in [-0.2, 0) is 0 Å². The van der Waals surface area contributed by atoms with Gasteiger partial charge < -0.3 is 31.6 Å². The molecule has 0 amide bonds. The van der Waals surface area contributed by atoms with Crippen molar-refractivity contribution < 1.29 is 18.7 Å². The number of para-hydroxylation sites is 2. The lowest BCUT2D eigenvalue weighted by Crippen LogP contribution is -2.21. The maximum atomic E-state index is 6.00. The molecule has 0 aliphatic rings. The fourth-order valence-electron chi connectivity index (χ4n) is 3.10. The first-order valence-corrected chi connectivity index (χ1v) is 11.2. The van der Waals surface area contributed by atoms with Gasteiger partial charge >= 0.3 is 0 Å². The molecule has 39 heavy (non-hydrogen) atoms. The highest BCUT2D eigenvalue weighted by Crippen LogP contribution is 2.16. The van der Waals surface area contributed by atoms with Crippen LogP contribution in [0.3, 0.4) is 0 Å². The Kier molecular flexibility index (Phi) is 8.72. The number of benzene rings is 2. The van der Waals surface area contributed by atoms with E-state index in [-0.39, 0.29) is 41.4 Å². The van der Waals surface area contributed by atoms with E-state index in [1.54, 1.807) is 26.4 Å². The number of nitrogens with one attached hydrogen (secondary N) is 2. The van der Waals surface area contributed by atoms with E-state index in [9.17, 15) is 0 Å². The second-order valence-electron chi connectivity index (χ2n) is 7.40. The van der Waals surface area contributed by atoms with Crippen LogP contribution in [0.5, 0.6) is 11.5 Å². The maximum absolute atomic E-state index is 6.00. The standard InChI is InChI=1S/C23H24N12O4/c1-36-16-9-5-3-7-14(16)11-28-30-20(24)18-22(34-38-32-18)26-13-27-23-19(33-39-35-23)21(25)31-29-12-15-8-4-6-10-17(15)37-2/h3-12H,13H2,1-2H3,(H2,24,30)(H2,25,31)(H,26,34)(H,27,35)/b28-11+,29-12+. The summed E-state index contributed by atoms with van der Waals surface area (Å²) in [6.07, 6.45) is 3.00. The fourth-order valence-corrected chi connectivity index (χ4v) is 3.10. The molecule has 0 bridgehead atoms. The number of nitrogens with two attached hydrogens (primary N) is 2. The normalized spacial score (nSPS) is 12.3. The summed E-state index contributed by atoms with van der Waals surface area (Å²) in [7, 11) is 3.13. The summed E-state index contributed by atoms with van der Waals surface area (Å²) in [6.45, 7) is 0.0813. The Morgan fingerprint density at radius 3 is 1.62 bits per heavy atom. The first-order chi connectivity index (χ1) is 19.1. The van der Waals surface area contributed by atoms with Gasteiger partial charge in [-0.05, 0) is 44.9 Å². The van der Waals surface area contributed by atoms with Crippen molar-refractivity contribution in [3.63, 3.8) is 0 Å². The van der Waals surface area contributed by atoms with E-state index in [0.717, 1.165) is 11.1 Å². The molecule has 2 heterocycles. The van der Waals surface area contributed by atoms with Crippen LogP contribution in [0.2, 0.25) is 0 Å². The zero-order chi connectivity index (χ0) is 27.5. The topological polar surface area (TPSA) is 222 Å². The molecule has 0 aliphatic heterocycles. The predicted octanol–water partition coefficient (Wildman–Crippen LogP) is 1.43. The molecular formula is C23H24N12O4. The van der Waals surface area contributed by atoms with Crippen molar-refractivity contribution in [2.45, 2.75) is 0 Å². The first kappa shape index (κ1) is 26.3. The Bertz CT molecular complexity index is 1400. The number of amidine groups is 2. The van der Waals surface area contributed by atoms with Crippen LogP contribution in [0, 0.1) is 0 Å². The molecule has 16 nitrogen and oxygen atoms in total. The summed E-state index contributed by atoms with van der Waals surface area (Å²) in [5.41, 5.74) is 13.8. The third-order valence-electron chi connectivity index (χ3n) is 4.98. The third-order valence-corrected chi connectivity index (χ3v) is 4.98. The van der Waals surface area contributed by atoms with Crippen LogP contribution in [0.25, 0.3) is 0 Å². The Balaban J connectivity index is 1.36. The van der Waals surface area contributed by atoms with Gasteiger partial charge in [0.05, 0.1) is 33.3 Å². The Morgan fingerprint density at radius 1 is 0.744 bits per heavy atom. The maximum Gasteiger partial charge on any atom is 0.203 e. The number of hydrogen-bond donors (Lipinski definition) is 4. The van der Waals surface area contributed by atoms with Gasteiger partial charge in [0, 0.05) is 11.1 Å². The van der Waals surface area contributed by atoms with Crippen molar-refractivity contribution >= 4 is 35.7 Å². The number of aromatic nitrogens is 4. The van der Waals surface area contributed by atoms with E-state index >= 15 is 0 Å². The highest BCUT2D eigenvalue weighted by molar-refractivity contribution is 6.00. The van der Waals surface area contributed by atoms with Crippen LogP contribution < -0.4 is 31.6 Å². The second-order valence-corrected chi connectivity index (χ2v) is 7.40. The van der Waals surface area contributed by atoms with Crippen LogP contribution >= 0.6 is 0 Å². The lowest BCUT2D eigenvalue weighted by atomic mass is 10.2. The van der Waals surface area contributed by atoms with Gasteiger partial charge in [0.2, 0.25) is 11.6 Å². The molecule has 4 rings (SSSR count). The summed E-state index contributed by atoms with van der Waals surface area (Å²) in [5.74, 6) is 1.63. The van der Waals surface area contributed by atoms with Crippen molar-refractivity contribution in [3.05, 3.63) is 71.0 Å². The largest absolute Gasteiger partial charge is 0.496 e. The number of hydrogen-bond acceptors (Lipinski definition) is 14. The highest BCUT2D eigenvalue weighted by Gasteiger charge is 2.16. The molecule has 0 atom stereocenters. The predicted molar refractivity (Wildman–Crippen MR) is 143 cm³/mol. The van der Waals surface area contributed by atoms with Gasteiger partial charge in [-0.1, -0.05) is 24.3 Å². The van der Waals surface area contributed by atoms with Crippen LogP contribution in [0.1, 0.15) is 22.5 Å². The van der Waals surface area contributed by atoms with E-state index in [4.69, 9.17) is 30.2 Å². The minimum absolute atomic E-state index is 0.0297. The Labute approximate surface area is 221 Å². The van der Waals surface area contributed by atoms with Gasteiger partial charge in [-0.15, -0.1) is 10.2 Å². The SMILES string of the molecule is COc1ccccc1/C=N/N=C(/N)c1nonc1NCNc1nonc1/C(N)=N\N=C\c1ccccc1OC. The van der Waals surface area contributed by atoms with Crippen LogP contribution in [-0.4, -0.2) is 65.6 Å².